The third kappa shape index (κ3) is 2.79. The van der Waals surface area contributed by atoms with E-state index in [2.05, 4.69) is 4.74 Å². The van der Waals surface area contributed by atoms with E-state index >= 15 is 0 Å². The van der Waals surface area contributed by atoms with Gasteiger partial charge in [-0.2, -0.15) is 0 Å². The van der Waals surface area contributed by atoms with E-state index in [1.54, 1.807) is 35.0 Å². The third-order valence-electron chi connectivity index (χ3n) is 2.72. The summed E-state index contributed by atoms with van der Waals surface area (Å²) in [7, 11) is 1.32. The number of non-ortho nitro benzene ring substituents is 1. The molecule has 0 aliphatic heterocycles. The Morgan fingerprint density at radius 1 is 1.32 bits per heavy atom. The van der Waals surface area contributed by atoms with E-state index in [1.165, 1.54) is 19.2 Å². The number of hydrogen-bond acceptors (Lipinski definition) is 4. The van der Waals surface area contributed by atoms with E-state index < -0.39 is 10.9 Å². The van der Waals surface area contributed by atoms with Crippen molar-refractivity contribution in [1.29, 1.82) is 0 Å². The van der Waals surface area contributed by atoms with Crippen molar-refractivity contribution < 1.29 is 14.5 Å². The number of carbonyl (C=O) groups excluding carboxylic acids is 1. The van der Waals surface area contributed by atoms with Crippen LogP contribution in [0.1, 0.15) is 16.1 Å². The van der Waals surface area contributed by atoms with Gasteiger partial charge >= 0.3 is 5.97 Å². The van der Waals surface area contributed by atoms with E-state index in [0.29, 0.717) is 12.2 Å². The van der Waals surface area contributed by atoms with E-state index in [-0.39, 0.29) is 5.69 Å². The number of nitro benzene ring substituents is 1. The minimum absolute atomic E-state index is 0.0458. The van der Waals surface area contributed by atoms with Crippen molar-refractivity contribution in [2.45, 2.75) is 6.54 Å². The first-order valence-electron chi connectivity index (χ1n) is 5.58. The summed E-state index contributed by atoms with van der Waals surface area (Å²) >= 11 is 0. The van der Waals surface area contributed by atoms with Crippen molar-refractivity contribution in [2.24, 2.45) is 0 Å². The van der Waals surface area contributed by atoms with Crippen LogP contribution >= 0.6 is 0 Å². The molecule has 0 amide bonds. The third-order valence-corrected chi connectivity index (χ3v) is 2.72. The number of methoxy groups -OCH3 is 1. The van der Waals surface area contributed by atoms with Gasteiger partial charge in [-0.1, -0.05) is 12.1 Å². The smallest absolute Gasteiger partial charge is 0.354 e. The van der Waals surface area contributed by atoms with Gasteiger partial charge in [-0.15, -0.1) is 0 Å². The van der Waals surface area contributed by atoms with Gasteiger partial charge in [0, 0.05) is 24.9 Å². The second-order valence-corrected chi connectivity index (χ2v) is 3.94. The van der Waals surface area contributed by atoms with E-state index in [1.807, 2.05) is 0 Å². The molecule has 0 saturated heterocycles. The van der Waals surface area contributed by atoms with E-state index in [9.17, 15) is 14.9 Å². The molecular formula is C13H12N2O4. The Hall–Kier alpha value is -2.63. The zero-order valence-electron chi connectivity index (χ0n) is 10.3. The largest absolute Gasteiger partial charge is 0.464 e. The number of rotatable bonds is 4. The highest BCUT2D eigenvalue weighted by atomic mass is 16.6. The molecule has 0 saturated carbocycles. The maximum atomic E-state index is 11.5. The zero-order chi connectivity index (χ0) is 13.8. The monoisotopic (exact) mass is 260 g/mol. The molecular weight excluding hydrogens is 248 g/mol. The number of aromatic nitrogens is 1. The standard InChI is InChI=1S/C13H12N2O4/c1-19-13(16)12-3-2-8-14(12)9-10-4-6-11(7-5-10)15(17)18/h2-8H,9H2,1H3. The molecule has 1 aromatic carbocycles. The maximum absolute atomic E-state index is 11.5. The Labute approximate surface area is 109 Å². The van der Waals surface area contributed by atoms with Crippen molar-refractivity contribution in [3.8, 4) is 0 Å². The molecule has 6 nitrogen and oxygen atoms in total. The summed E-state index contributed by atoms with van der Waals surface area (Å²) < 4.78 is 6.40. The van der Waals surface area contributed by atoms with Gasteiger partial charge in [0.05, 0.1) is 12.0 Å². The minimum Gasteiger partial charge on any atom is -0.464 e. The second-order valence-electron chi connectivity index (χ2n) is 3.94. The van der Waals surface area contributed by atoms with Gasteiger partial charge in [-0.3, -0.25) is 10.1 Å². The summed E-state index contributed by atoms with van der Waals surface area (Å²) in [6.45, 7) is 0.454. The molecule has 0 spiro atoms. The Kier molecular flexibility index (Phi) is 3.61. The Morgan fingerprint density at radius 2 is 2.00 bits per heavy atom. The van der Waals surface area contributed by atoms with Crippen LogP contribution in [-0.4, -0.2) is 22.6 Å². The molecule has 0 bridgehead atoms. The van der Waals surface area contributed by atoms with Gasteiger partial charge in [-0.25, -0.2) is 4.79 Å². The fraction of sp³-hybridized carbons (Fsp3) is 0.154. The van der Waals surface area contributed by atoms with Gasteiger partial charge in [0.25, 0.3) is 5.69 Å². The number of nitro groups is 1. The Bertz CT molecular complexity index is 601. The van der Waals surface area contributed by atoms with E-state index in [0.717, 1.165) is 5.56 Å². The molecule has 6 heteroatoms. The molecule has 2 aromatic rings. The van der Waals surface area contributed by atoms with Gasteiger partial charge in [0.1, 0.15) is 5.69 Å². The molecule has 19 heavy (non-hydrogen) atoms. The SMILES string of the molecule is COC(=O)c1cccn1Cc1ccc([N+](=O)[O-])cc1. The molecule has 0 radical (unpaired) electrons. The van der Waals surface area contributed by atoms with Crippen molar-refractivity contribution in [3.05, 3.63) is 64.0 Å². The van der Waals surface area contributed by atoms with Crippen LogP contribution in [0, 0.1) is 10.1 Å². The summed E-state index contributed by atoms with van der Waals surface area (Å²) in [6, 6.07) is 9.63. The Balaban J connectivity index is 2.19. The first-order valence-corrected chi connectivity index (χ1v) is 5.58. The van der Waals surface area contributed by atoms with Crippen LogP contribution in [0.25, 0.3) is 0 Å². The highest BCUT2D eigenvalue weighted by Gasteiger charge is 2.11. The summed E-state index contributed by atoms with van der Waals surface area (Å²) in [5.74, 6) is -0.410. The van der Waals surface area contributed by atoms with Crippen molar-refractivity contribution >= 4 is 11.7 Å². The lowest BCUT2D eigenvalue weighted by molar-refractivity contribution is -0.384. The van der Waals surface area contributed by atoms with Crippen LogP contribution in [0.4, 0.5) is 5.69 Å². The first kappa shape index (κ1) is 12.8. The quantitative estimate of drug-likeness (QED) is 0.480. The normalized spacial score (nSPS) is 10.2. The summed E-state index contributed by atoms with van der Waals surface area (Å²) in [5.41, 5.74) is 1.36. The summed E-state index contributed by atoms with van der Waals surface area (Å²) in [6.07, 6.45) is 1.76. The average molecular weight is 260 g/mol. The van der Waals surface area contributed by atoms with Crippen LogP contribution in [0.5, 0.6) is 0 Å². The lowest BCUT2D eigenvalue weighted by atomic mass is 10.2. The van der Waals surface area contributed by atoms with Crippen molar-refractivity contribution in [1.82, 2.24) is 4.57 Å². The molecule has 0 aliphatic carbocycles. The number of ether oxygens (including phenoxy) is 1. The van der Waals surface area contributed by atoms with Crippen LogP contribution in [0.15, 0.2) is 42.6 Å². The fourth-order valence-electron chi connectivity index (χ4n) is 1.76. The number of benzene rings is 1. The molecule has 0 unspecified atom stereocenters. The molecule has 0 atom stereocenters. The molecule has 0 N–H and O–H groups in total. The van der Waals surface area contributed by atoms with Gasteiger partial charge in [-0.05, 0) is 17.7 Å². The number of carbonyl (C=O) groups is 1. The number of nitrogens with zero attached hydrogens (tertiary/aromatic N) is 2. The lowest BCUT2D eigenvalue weighted by Crippen LogP contribution is -2.10. The van der Waals surface area contributed by atoms with Crippen LogP contribution in [0.2, 0.25) is 0 Å². The molecule has 0 fully saturated rings. The molecule has 1 aromatic heterocycles. The van der Waals surface area contributed by atoms with Gasteiger partial charge < -0.3 is 9.30 Å². The van der Waals surface area contributed by atoms with Crippen LogP contribution in [-0.2, 0) is 11.3 Å². The van der Waals surface area contributed by atoms with Crippen LogP contribution in [0.3, 0.4) is 0 Å². The molecule has 1 heterocycles. The highest BCUT2D eigenvalue weighted by molar-refractivity contribution is 5.87. The van der Waals surface area contributed by atoms with Crippen molar-refractivity contribution in [2.75, 3.05) is 7.11 Å². The second kappa shape index (κ2) is 5.34. The lowest BCUT2D eigenvalue weighted by Gasteiger charge is -2.07. The summed E-state index contributed by atoms with van der Waals surface area (Å²) in [4.78, 5) is 21.6. The predicted molar refractivity (Wildman–Crippen MR) is 68.0 cm³/mol. The first-order chi connectivity index (χ1) is 9.11. The number of hydrogen-bond donors (Lipinski definition) is 0. The Morgan fingerprint density at radius 3 is 2.58 bits per heavy atom. The predicted octanol–water partition coefficient (Wildman–Crippen LogP) is 2.23. The average Bonchev–Trinajstić information content (AvgIpc) is 2.86. The molecule has 2 rings (SSSR count). The molecule has 0 aliphatic rings. The maximum Gasteiger partial charge on any atom is 0.354 e. The van der Waals surface area contributed by atoms with Gasteiger partial charge in [0.2, 0.25) is 0 Å². The van der Waals surface area contributed by atoms with Crippen molar-refractivity contribution in [3.63, 3.8) is 0 Å². The fourth-order valence-corrected chi connectivity index (χ4v) is 1.76. The van der Waals surface area contributed by atoms with Gasteiger partial charge in [0.15, 0.2) is 0 Å². The zero-order valence-corrected chi connectivity index (χ0v) is 10.3. The van der Waals surface area contributed by atoms with E-state index in [4.69, 9.17) is 0 Å². The molecule has 98 valence electrons. The summed E-state index contributed by atoms with van der Waals surface area (Å²) in [5, 5.41) is 10.6. The number of esters is 1. The topological polar surface area (TPSA) is 74.4 Å². The minimum atomic E-state index is -0.445. The highest BCUT2D eigenvalue weighted by Crippen LogP contribution is 2.14. The van der Waals surface area contributed by atoms with Crippen LogP contribution < -0.4 is 0 Å².